The van der Waals surface area contributed by atoms with Gasteiger partial charge < -0.3 is 10.0 Å². The molecule has 18 heavy (non-hydrogen) atoms. The summed E-state index contributed by atoms with van der Waals surface area (Å²) in [5, 5.41) is 8.77. The Labute approximate surface area is 116 Å². The molecule has 0 aromatic heterocycles. The summed E-state index contributed by atoms with van der Waals surface area (Å²) in [4.78, 5) is 13.6. The van der Waals surface area contributed by atoms with E-state index in [0.29, 0.717) is 19.5 Å². The van der Waals surface area contributed by atoms with Crippen molar-refractivity contribution in [3.63, 3.8) is 0 Å². The van der Waals surface area contributed by atoms with Crippen molar-refractivity contribution in [2.45, 2.75) is 13.3 Å². The second-order valence-electron chi connectivity index (χ2n) is 3.88. The number of benzene rings is 1. The Balaban J connectivity index is 2.59. The number of aliphatic hydroxyl groups is 1. The quantitative estimate of drug-likeness (QED) is 0.821. The van der Waals surface area contributed by atoms with Crippen molar-refractivity contribution in [1.82, 2.24) is 4.90 Å². The average Bonchev–Trinajstić information content (AvgIpc) is 2.39. The van der Waals surface area contributed by atoms with Crippen molar-refractivity contribution in [2.75, 3.05) is 19.7 Å². The van der Waals surface area contributed by atoms with Crippen LogP contribution in [0.5, 0.6) is 0 Å². The molecule has 1 amide bonds. The zero-order chi connectivity index (χ0) is 13.4. The third-order valence-electron chi connectivity index (χ3n) is 2.57. The number of carbonyl (C=O) groups excluding carboxylic acids is 1. The van der Waals surface area contributed by atoms with Gasteiger partial charge in [0.05, 0.1) is 0 Å². The molecular weight excluding hydrogens is 294 g/mol. The van der Waals surface area contributed by atoms with Crippen LogP contribution in [0, 0.1) is 0 Å². The number of carbonyl (C=O) groups is 1. The highest BCUT2D eigenvalue weighted by Gasteiger charge is 2.06. The van der Waals surface area contributed by atoms with Gasteiger partial charge in [0.1, 0.15) is 0 Å². The molecule has 1 rings (SSSR count). The minimum Gasteiger partial charge on any atom is -0.396 e. The molecule has 0 heterocycles. The molecule has 0 unspecified atom stereocenters. The van der Waals surface area contributed by atoms with Crippen LogP contribution in [0.3, 0.4) is 0 Å². The molecule has 0 bridgehead atoms. The highest BCUT2D eigenvalue weighted by Crippen LogP contribution is 2.11. The Kier molecular flexibility index (Phi) is 6.68. The molecular formula is C14H18BrNO2. The summed E-state index contributed by atoms with van der Waals surface area (Å²) in [6.45, 7) is 3.29. The van der Waals surface area contributed by atoms with Gasteiger partial charge in [-0.3, -0.25) is 4.79 Å². The van der Waals surface area contributed by atoms with E-state index in [9.17, 15) is 4.79 Å². The molecule has 3 nitrogen and oxygen atoms in total. The lowest BCUT2D eigenvalue weighted by Gasteiger charge is -2.18. The monoisotopic (exact) mass is 311 g/mol. The fourth-order valence-electron chi connectivity index (χ4n) is 1.53. The molecule has 1 aromatic rings. The van der Waals surface area contributed by atoms with E-state index in [1.165, 1.54) is 0 Å². The predicted molar refractivity (Wildman–Crippen MR) is 77.1 cm³/mol. The molecule has 0 atom stereocenters. The van der Waals surface area contributed by atoms with Crippen molar-refractivity contribution >= 4 is 27.9 Å². The van der Waals surface area contributed by atoms with Gasteiger partial charge >= 0.3 is 0 Å². The van der Waals surface area contributed by atoms with Gasteiger partial charge in [-0.2, -0.15) is 0 Å². The Morgan fingerprint density at radius 2 is 2.06 bits per heavy atom. The van der Waals surface area contributed by atoms with Crippen LogP contribution in [0.1, 0.15) is 18.9 Å². The smallest absolute Gasteiger partial charge is 0.246 e. The maximum Gasteiger partial charge on any atom is 0.246 e. The Morgan fingerprint density at radius 1 is 1.39 bits per heavy atom. The molecule has 0 spiro atoms. The SMILES string of the molecule is CCN(CCCO)C(=O)/C=C/c1ccc(Br)cc1. The minimum absolute atomic E-state index is 0.0196. The third-order valence-corrected chi connectivity index (χ3v) is 3.10. The van der Waals surface area contributed by atoms with Crippen LogP contribution in [-0.4, -0.2) is 35.6 Å². The topological polar surface area (TPSA) is 40.5 Å². The lowest BCUT2D eigenvalue weighted by Crippen LogP contribution is -2.30. The fraction of sp³-hybridized carbons (Fsp3) is 0.357. The summed E-state index contributed by atoms with van der Waals surface area (Å²) in [5.41, 5.74) is 0.991. The highest BCUT2D eigenvalue weighted by atomic mass is 79.9. The first kappa shape index (κ1) is 14.9. The molecule has 0 saturated heterocycles. The van der Waals surface area contributed by atoms with Crippen molar-refractivity contribution in [3.05, 3.63) is 40.4 Å². The van der Waals surface area contributed by atoms with Gasteiger partial charge in [-0.25, -0.2) is 0 Å². The van der Waals surface area contributed by atoms with Crippen LogP contribution >= 0.6 is 15.9 Å². The number of amides is 1. The van der Waals surface area contributed by atoms with Crippen molar-refractivity contribution in [1.29, 1.82) is 0 Å². The van der Waals surface area contributed by atoms with Crippen molar-refractivity contribution in [3.8, 4) is 0 Å². The van der Waals surface area contributed by atoms with Crippen molar-refractivity contribution in [2.24, 2.45) is 0 Å². The van der Waals surface area contributed by atoms with E-state index in [-0.39, 0.29) is 12.5 Å². The Morgan fingerprint density at radius 3 is 2.61 bits per heavy atom. The van der Waals surface area contributed by atoms with Crippen LogP contribution in [-0.2, 0) is 4.79 Å². The molecule has 0 aliphatic carbocycles. The molecule has 1 aromatic carbocycles. The van der Waals surface area contributed by atoms with Crippen LogP contribution in [0.4, 0.5) is 0 Å². The highest BCUT2D eigenvalue weighted by molar-refractivity contribution is 9.10. The van der Waals surface area contributed by atoms with Gasteiger partial charge in [-0.1, -0.05) is 28.1 Å². The largest absolute Gasteiger partial charge is 0.396 e. The number of nitrogens with zero attached hydrogens (tertiary/aromatic N) is 1. The lowest BCUT2D eigenvalue weighted by molar-refractivity contribution is -0.125. The van der Waals surface area contributed by atoms with E-state index in [4.69, 9.17) is 5.11 Å². The minimum atomic E-state index is -0.0196. The van der Waals surface area contributed by atoms with Gasteiger partial charge in [-0.15, -0.1) is 0 Å². The first-order chi connectivity index (χ1) is 8.67. The van der Waals surface area contributed by atoms with E-state index >= 15 is 0 Å². The lowest BCUT2D eigenvalue weighted by atomic mass is 10.2. The van der Waals surface area contributed by atoms with E-state index in [0.717, 1.165) is 10.0 Å². The molecule has 0 aliphatic heterocycles. The number of rotatable bonds is 6. The second-order valence-corrected chi connectivity index (χ2v) is 4.80. The van der Waals surface area contributed by atoms with Gasteiger partial charge in [0.2, 0.25) is 5.91 Å². The predicted octanol–water partition coefficient (Wildman–Crippen LogP) is 2.69. The van der Waals surface area contributed by atoms with Crippen LogP contribution in [0.15, 0.2) is 34.8 Å². The summed E-state index contributed by atoms with van der Waals surface area (Å²) in [7, 11) is 0. The van der Waals surface area contributed by atoms with E-state index in [2.05, 4.69) is 15.9 Å². The third kappa shape index (κ3) is 5.02. The standard InChI is InChI=1S/C14H18BrNO2/c1-2-16(10-3-11-17)14(18)9-6-12-4-7-13(15)8-5-12/h4-9,17H,2-3,10-11H2,1H3/b9-6+. The number of hydrogen-bond donors (Lipinski definition) is 1. The second kappa shape index (κ2) is 8.06. The average molecular weight is 312 g/mol. The van der Waals surface area contributed by atoms with E-state index in [1.54, 1.807) is 17.1 Å². The first-order valence-electron chi connectivity index (χ1n) is 6.00. The summed E-state index contributed by atoms with van der Waals surface area (Å²) in [5.74, 6) is -0.0196. The molecule has 0 aliphatic rings. The molecule has 98 valence electrons. The van der Waals surface area contributed by atoms with E-state index in [1.807, 2.05) is 31.2 Å². The van der Waals surface area contributed by atoms with E-state index < -0.39 is 0 Å². The number of halogens is 1. The molecule has 0 radical (unpaired) electrons. The molecule has 1 N–H and O–H groups in total. The van der Waals surface area contributed by atoms with Crippen LogP contribution in [0.25, 0.3) is 6.08 Å². The molecule has 0 saturated carbocycles. The Hall–Kier alpha value is -1.13. The van der Waals surface area contributed by atoms with Crippen LogP contribution in [0.2, 0.25) is 0 Å². The normalized spacial score (nSPS) is 10.8. The summed E-state index contributed by atoms with van der Waals surface area (Å²) in [6, 6.07) is 7.76. The number of aliphatic hydroxyl groups excluding tert-OH is 1. The fourth-order valence-corrected chi connectivity index (χ4v) is 1.80. The van der Waals surface area contributed by atoms with Gasteiger partial charge in [0.25, 0.3) is 0 Å². The number of hydrogen-bond acceptors (Lipinski definition) is 2. The maximum absolute atomic E-state index is 11.9. The zero-order valence-electron chi connectivity index (χ0n) is 10.5. The zero-order valence-corrected chi connectivity index (χ0v) is 12.1. The number of likely N-dealkylation sites (N-methyl/N-ethyl adjacent to an activating group) is 1. The molecule has 0 fully saturated rings. The van der Waals surface area contributed by atoms with Gasteiger partial charge in [-0.05, 0) is 37.1 Å². The summed E-state index contributed by atoms with van der Waals surface area (Å²) in [6.07, 6.45) is 3.99. The van der Waals surface area contributed by atoms with Gasteiger partial charge in [0.15, 0.2) is 0 Å². The van der Waals surface area contributed by atoms with Crippen LogP contribution < -0.4 is 0 Å². The maximum atomic E-state index is 11.9. The molecule has 4 heteroatoms. The summed E-state index contributed by atoms with van der Waals surface area (Å²) >= 11 is 3.37. The van der Waals surface area contributed by atoms with Crippen molar-refractivity contribution < 1.29 is 9.90 Å². The first-order valence-corrected chi connectivity index (χ1v) is 6.80. The Bertz CT molecular complexity index is 401. The van der Waals surface area contributed by atoms with Gasteiger partial charge in [0, 0.05) is 30.2 Å². The summed E-state index contributed by atoms with van der Waals surface area (Å²) < 4.78 is 1.02.